The molecule has 13 heavy (non-hydrogen) atoms. The van der Waals surface area contributed by atoms with Crippen molar-refractivity contribution in [3.05, 3.63) is 30.3 Å². The van der Waals surface area contributed by atoms with Crippen molar-refractivity contribution in [2.24, 2.45) is 0 Å². The molecule has 0 atom stereocenters. The number of anilines is 1. The van der Waals surface area contributed by atoms with Gasteiger partial charge in [-0.3, -0.25) is 9.59 Å². The molecule has 1 aromatic carbocycles. The minimum absolute atomic E-state index is 0.341. The van der Waals surface area contributed by atoms with Gasteiger partial charge in [0.25, 0.3) is 5.24 Å². The lowest BCUT2D eigenvalue weighted by atomic mass is 10.3. The summed E-state index contributed by atoms with van der Waals surface area (Å²) in [4.78, 5) is 23.0. The van der Waals surface area contributed by atoms with E-state index in [0.29, 0.717) is 5.69 Å². The van der Waals surface area contributed by atoms with Crippen LogP contribution in [0.4, 0.5) is 10.5 Å². The number of nitrogens with zero attached hydrogens (tertiary/aromatic N) is 1. The topological polar surface area (TPSA) is 37.4 Å². The van der Waals surface area contributed by atoms with Gasteiger partial charge in [0, 0.05) is 6.92 Å². The van der Waals surface area contributed by atoms with Gasteiger partial charge < -0.3 is 0 Å². The van der Waals surface area contributed by atoms with Gasteiger partial charge in [-0.1, -0.05) is 30.8 Å². The number of thiol groups is 1. The molecule has 0 N–H and O–H groups in total. The summed E-state index contributed by atoms with van der Waals surface area (Å²) in [5.74, 6) is -0.341. The minimum atomic E-state index is -0.571. The summed E-state index contributed by atoms with van der Waals surface area (Å²) in [6.45, 7) is 1.32. The first-order valence-corrected chi connectivity index (χ1v) is 4.16. The van der Waals surface area contributed by atoms with Crippen molar-refractivity contribution < 1.29 is 9.59 Å². The molecule has 0 bridgehead atoms. The number of imide groups is 1. The van der Waals surface area contributed by atoms with Crippen molar-refractivity contribution in [1.29, 1.82) is 0 Å². The summed E-state index contributed by atoms with van der Waals surface area (Å²) >= 11 is 3.61. The van der Waals surface area contributed by atoms with E-state index in [1.54, 1.807) is 24.3 Å². The molecule has 0 saturated carbocycles. The number of hydrogen-bond acceptors (Lipinski definition) is 2. The van der Waals surface area contributed by atoms with E-state index in [1.165, 1.54) is 6.92 Å². The molecule has 1 rings (SSSR count). The fourth-order valence-corrected chi connectivity index (χ4v) is 1.26. The molecular weight excluding hydrogens is 186 g/mol. The number of carbonyl (C=O) groups is 2. The van der Waals surface area contributed by atoms with Crippen molar-refractivity contribution in [1.82, 2.24) is 0 Å². The maximum Gasteiger partial charge on any atom is 0.289 e. The van der Waals surface area contributed by atoms with E-state index < -0.39 is 5.24 Å². The van der Waals surface area contributed by atoms with E-state index in [-0.39, 0.29) is 5.91 Å². The Bertz CT molecular complexity index is 310. The second kappa shape index (κ2) is 4.09. The zero-order valence-corrected chi connectivity index (χ0v) is 7.99. The molecule has 0 heterocycles. The molecule has 0 unspecified atom stereocenters. The molecular formula is C9H9NO2S. The highest BCUT2D eigenvalue weighted by Gasteiger charge is 2.15. The SMILES string of the molecule is CC(=O)N(C(=O)S)c1ccccc1. The van der Waals surface area contributed by atoms with Crippen molar-refractivity contribution in [3.63, 3.8) is 0 Å². The third-order valence-electron chi connectivity index (χ3n) is 1.52. The predicted molar refractivity (Wildman–Crippen MR) is 54.0 cm³/mol. The van der Waals surface area contributed by atoms with Gasteiger partial charge in [-0.25, -0.2) is 4.90 Å². The summed E-state index contributed by atoms with van der Waals surface area (Å²) in [5.41, 5.74) is 0.537. The number of amides is 2. The van der Waals surface area contributed by atoms with Crippen LogP contribution in [0.3, 0.4) is 0 Å². The van der Waals surface area contributed by atoms with Crippen LogP contribution in [-0.2, 0) is 4.79 Å². The van der Waals surface area contributed by atoms with Crippen LogP contribution in [0.5, 0.6) is 0 Å². The number of hydrogen-bond donors (Lipinski definition) is 1. The molecule has 0 aromatic heterocycles. The molecule has 0 aliphatic rings. The molecule has 0 radical (unpaired) electrons. The lowest BCUT2D eigenvalue weighted by molar-refractivity contribution is -0.115. The predicted octanol–water partition coefficient (Wildman–Crippen LogP) is 2.09. The lowest BCUT2D eigenvalue weighted by Crippen LogP contribution is -2.30. The molecule has 2 amide bonds. The van der Waals surface area contributed by atoms with Crippen molar-refractivity contribution in [2.45, 2.75) is 6.92 Å². The number of benzene rings is 1. The normalized spacial score (nSPS) is 9.38. The Hall–Kier alpha value is -1.29. The van der Waals surface area contributed by atoms with E-state index >= 15 is 0 Å². The van der Waals surface area contributed by atoms with Gasteiger partial charge in [0.1, 0.15) is 0 Å². The molecule has 1 aromatic rings. The molecule has 0 saturated heterocycles. The number of para-hydroxylation sites is 1. The third kappa shape index (κ3) is 2.32. The average Bonchev–Trinajstić information content (AvgIpc) is 2.04. The Morgan fingerprint density at radius 2 is 1.77 bits per heavy atom. The fourth-order valence-electron chi connectivity index (χ4n) is 1.00. The summed E-state index contributed by atoms with van der Waals surface area (Å²) in [6.07, 6.45) is 0. The molecule has 0 spiro atoms. The number of rotatable bonds is 1. The van der Waals surface area contributed by atoms with Gasteiger partial charge in [0.2, 0.25) is 5.91 Å². The lowest BCUT2D eigenvalue weighted by Gasteiger charge is -2.15. The van der Waals surface area contributed by atoms with E-state index in [9.17, 15) is 9.59 Å². The molecule has 68 valence electrons. The Balaban J connectivity index is 3.03. The maximum absolute atomic E-state index is 11.0. The van der Waals surface area contributed by atoms with E-state index in [1.807, 2.05) is 6.07 Å². The van der Waals surface area contributed by atoms with Crippen LogP contribution in [0.2, 0.25) is 0 Å². The Kier molecular flexibility index (Phi) is 3.08. The highest BCUT2D eigenvalue weighted by Crippen LogP contribution is 2.14. The largest absolute Gasteiger partial charge is 0.289 e. The first kappa shape index (κ1) is 9.80. The maximum atomic E-state index is 11.0. The summed E-state index contributed by atoms with van der Waals surface area (Å²) < 4.78 is 0. The van der Waals surface area contributed by atoms with Crippen molar-refractivity contribution >= 4 is 29.5 Å². The van der Waals surface area contributed by atoms with Crippen LogP contribution < -0.4 is 4.90 Å². The minimum Gasteiger partial charge on any atom is -0.274 e. The van der Waals surface area contributed by atoms with E-state index in [4.69, 9.17) is 0 Å². The zero-order valence-electron chi connectivity index (χ0n) is 7.10. The van der Waals surface area contributed by atoms with Crippen molar-refractivity contribution in [3.8, 4) is 0 Å². The van der Waals surface area contributed by atoms with Crippen LogP contribution in [0.1, 0.15) is 6.92 Å². The van der Waals surface area contributed by atoms with Crippen LogP contribution in [-0.4, -0.2) is 11.1 Å². The Morgan fingerprint density at radius 1 is 1.23 bits per heavy atom. The quantitative estimate of drug-likeness (QED) is 0.697. The van der Waals surface area contributed by atoms with Gasteiger partial charge in [0.15, 0.2) is 0 Å². The number of carbonyl (C=O) groups excluding carboxylic acids is 2. The van der Waals surface area contributed by atoms with Gasteiger partial charge >= 0.3 is 0 Å². The fraction of sp³-hybridized carbons (Fsp3) is 0.111. The molecule has 0 fully saturated rings. The van der Waals surface area contributed by atoms with Gasteiger partial charge in [-0.15, -0.1) is 0 Å². The van der Waals surface area contributed by atoms with Gasteiger partial charge in [0.05, 0.1) is 5.69 Å². The van der Waals surface area contributed by atoms with E-state index in [2.05, 4.69) is 12.6 Å². The summed E-state index contributed by atoms with van der Waals surface area (Å²) in [5, 5.41) is -0.571. The van der Waals surface area contributed by atoms with Crippen LogP contribution in [0, 0.1) is 0 Å². The monoisotopic (exact) mass is 195 g/mol. The standard InChI is InChI=1S/C9H9NO2S/c1-7(11)10(9(12)13)8-5-3-2-4-6-8/h2-6H,1H3,(H,12,13). The second-order valence-electron chi connectivity index (χ2n) is 2.47. The summed E-state index contributed by atoms with van der Waals surface area (Å²) in [7, 11) is 0. The Labute approximate surface area is 81.8 Å². The first-order chi connectivity index (χ1) is 6.13. The van der Waals surface area contributed by atoms with E-state index in [0.717, 1.165) is 4.90 Å². The summed E-state index contributed by atoms with van der Waals surface area (Å²) in [6, 6.07) is 8.67. The Morgan fingerprint density at radius 3 is 2.15 bits per heavy atom. The molecule has 0 aliphatic heterocycles. The van der Waals surface area contributed by atoms with Gasteiger partial charge in [-0.05, 0) is 12.1 Å². The van der Waals surface area contributed by atoms with Crippen LogP contribution >= 0.6 is 12.6 Å². The van der Waals surface area contributed by atoms with Crippen LogP contribution in [0.25, 0.3) is 0 Å². The zero-order chi connectivity index (χ0) is 9.84. The first-order valence-electron chi connectivity index (χ1n) is 3.71. The third-order valence-corrected chi connectivity index (χ3v) is 1.72. The smallest absolute Gasteiger partial charge is 0.274 e. The highest BCUT2D eigenvalue weighted by atomic mass is 32.1. The van der Waals surface area contributed by atoms with Crippen LogP contribution in [0.15, 0.2) is 30.3 Å². The van der Waals surface area contributed by atoms with Gasteiger partial charge in [-0.2, -0.15) is 0 Å². The average molecular weight is 195 g/mol. The highest BCUT2D eigenvalue weighted by molar-refractivity contribution is 7.97. The second-order valence-corrected chi connectivity index (χ2v) is 2.86. The molecule has 0 aliphatic carbocycles. The molecule has 4 heteroatoms. The molecule has 3 nitrogen and oxygen atoms in total. The van der Waals surface area contributed by atoms with Crippen molar-refractivity contribution in [2.75, 3.05) is 4.90 Å².